The van der Waals surface area contributed by atoms with E-state index in [1.165, 1.54) is 12.1 Å². The van der Waals surface area contributed by atoms with Gasteiger partial charge in [-0.1, -0.05) is 12.1 Å². The Morgan fingerprint density at radius 2 is 2.05 bits per heavy atom. The molecule has 0 unspecified atom stereocenters. The van der Waals surface area contributed by atoms with Gasteiger partial charge in [-0.3, -0.25) is 4.57 Å². The first-order valence-corrected chi connectivity index (χ1v) is 7.00. The molecule has 0 saturated carbocycles. The highest BCUT2D eigenvalue weighted by Gasteiger charge is 2.13. The van der Waals surface area contributed by atoms with Crippen LogP contribution in [0.25, 0.3) is 16.7 Å². The first kappa shape index (κ1) is 13.6. The Labute approximate surface area is 126 Å². The molecule has 0 aliphatic carbocycles. The van der Waals surface area contributed by atoms with E-state index in [2.05, 4.69) is 4.98 Å². The van der Waals surface area contributed by atoms with Gasteiger partial charge in [0.25, 0.3) is 0 Å². The van der Waals surface area contributed by atoms with Crippen molar-refractivity contribution >= 4 is 22.6 Å². The van der Waals surface area contributed by atoms with Crippen LogP contribution in [0.3, 0.4) is 0 Å². The molecule has 21 heavy (non-hydrogen) atoms. The summed E-state index contributed by atoms with van der Waals surface area (Å²) in [6.07, 6.45) is 0.593. The van der Waals surface area contributed by atoms with Gasteiger partial charge in [0.1, 0.15) is 17.7 Å². The van der Waals surface area contributed by atoms with Crippen LogP contribution < -0.4 is 0 Å². The minimum Gasteiger partial charge on any atom is -0.296 e. The van der Waals surface area contributed by atoms with Gasteiger partial charge in [-0.15, -0.1) is 11.6 Å². The van der Waals surface area contributed by atoms with E-state index in [4.69, 9.17) is 16.9 Å². The summed E-state index contributed by atoms with van der Waals surface area (Å²) in [6, 6.07) is 14.0. The van der Waals surface area contributed by atoms with Crippen LogP contribution in [0.2, 0.25) is 0 Å². The van der Waals surface area contributed by atoms with Crippen molar-refractivity contribution in [3.63, 3.8) is 0 Å². The number of nitriles is 1. The fourth-order valence-corrected chi connectivity index (χ4v) is 2.52. The van der Waals surface area contributed by atoms with Crippen molar-refractivity contribution < 1.29 is 4.39 Å². The van der Waals surface area contributed by atoms with Crippen LogP contribution >= 0.6 is 11.6 Å². The predicted molar refractivity (Wildman–Crippen MR) is 80.2 cm³/mol. The highest BCUT2D eigenvalue weighted by Crippen LogP contribution is 2.23. The molecule has 2 aromatic carbocycles. The number of imidazole rings is 1. The number of rotatable bonds is 3. The number of para-hydroxylation sites is 2. The zero-order valence-electron chi connectivity index (χ0n) is 11.1. The summed E-state index contributed by atoms with van der Waals surface area (Å²) in [6.45, 7) is 0. The molecule has 1 heterocycles. The van der Waals surface area contributed by atoms with Gasteiger partial charge in [-0.25, -0.2) is 9.37 Å². The second-order valence-electron chi connectivity index (χ2n) is 4.57. The van der Waals surface area contributed by atoms with Crippen LogP contribution in [0.15, 0.2) is 42.5 Å². The average molecular weight is 300 g/mol. The maximum atomic E-state index is 13.5. The summed E-state index contributed by atoms with van der Waals surface area (Å²) >= 11 is 5.84. The van der Waals surface area contributed by atoms with Gasteiger partial charge < -0.3 is 0 Å². The summed E-state index contributed by atoms with van der Waals surface area (Å²) in [7, 11) is 0. The molecule has 0 radical (unpaired) electrons. The second kappa shape index (κ2) is 5.55. The number of hydrogen-bond acceptors (Lipinski definition) is 2. The van der Waals surface area contributed by atoms with E-state index in [0.29, 0.717) is 18.0 Å². The quantitative estimate of drug-likeness (QED) is 0.690. The van der Waals surface area contributed by atoms with Crippen molar-refractivity contribution in [1.29, 1.82) is 5.26 Å². The van der Waals surface area contributed by atoms with Crippen molar-refractivity contribution in [2.75, 3.05) is 5.88 Å². The van der Waals surface area contributed by atoms with E-state index in [0.717, 1.165) is 16.9 Å². The van der Waals surface area contributed by atoms with Crippen LogP contribution in [0.5, 0.6) is 0 Å². The van der Waals surface area contributed by atoms with Crippen LogP contribution in [-0.2, 0) is 6.42 Å². The number of nitrogens with zero attached hydrogens (tertiary/aromatic N) is 3. The van der Waals surface area contributed by atoms with E-state index < -0.39 is 5.82 Å². The highest BCUT2D eigenvalue weighted by molar-refractivity contribution is 6.17. The lowest BCUT2D eigenvalue weighted by molar-refractivity contribution is 0.623. The second-order valence-corrected chi connectivity index (χ2v) is 4.95. The van der Waals surface area contributed by atoms with Crippen molar-refractivity contribution in [3.8, 4) is 11.8 Å². The topological polar surface area (TPSA) is 41.6 Å². The van der Waals surface area contributed by atoms with Gasteiger partial charge in [0.2, 0.25) is 0 Å². The summed E-state index contributed by atoms with van der Waals surface area (Å²) in [4.78, 5) is 4.56. The Kier molecular flexibility index (Phi) is 3.59. The lowest BCUT2D eigenvalue weighted by Gasteiger charge is -2.09. The molecule has 5 heteroatoms. The summed E-state index contributed by atoms with van der Waals surface area (Å²) in [5, 5.41) is 8.99. The number of fused-ring (bicyclic) bond motifs is 1. The van der Waals surface area contributed by atoms with Gasteiger partial charge in [-0.2, -0.15) is 5.26 Å². The number of alkyl halides is 1. The van der Waals surface area contributed by atoms with Crippen LogP contribution in [0.4, 0.5) is 4.39 Å². The molecule has 0 spiro atoms. The number of aryl methyl sites for hydroxylation is 1. The highest BCUT2D eigenvalue weighted by atomic mass is 35.5. The molecule has 0 aliphatic heterocycles. The Bertz CT molecular complexity index is 848. The molecule has 104 valence electrons. The third kappa shape index (κ3) is 2.37. The molecule has 0 N–H and O–H groups in total. The summed E-state index contributed by atoms with van der Waals surface area (Å²) in [5.74, 6) is 0.710. The van der Waals surface area contributed by atoms with E-state index in [-0.39, 0.29) is 5.56 Å². The minimum atomic E-state index is -0.524. The number of hydrogen-bond donors (Lipinski definition) is 0. The molecule has 0 aliphatic rings. The van der Waals surface area contributed by atoms with Gasteiger partial charge in [0.05, 0.1) is 16.6 Å². The van der Waals surface area contributed by atoms with Crippen molar-refractivity contribution in [2.24, 2.45) is 0 Å². The molecule has 0 atom stereocenters. The molecule has 0 fully saturated rings. The molecule has 3 nitrogen and oxygen atoms in total. The first-order valence-electron chi connectivity index (χ1n) is 6.47. The lowest BCUT2D eigenvalue weighted by Crippen LogP contribution is -2.03. The number of halogens is 2. The Balaban J connectivity index is 2.28. The fraction of sp³-hybridized carbons (Fsp3) is 0.125. The maximum absolute atomic E-state index is 13.5. The van der Waals surface area contributed by atoms with Gasteiger partial charge in [0, 0.05) is 18.0 Å². The number of aromatic nitrogens is 2. The van der Waals surface area contributed by atoms with Gasteiger partial charge in [-0.05, 0) is 30.3 Å². The molecule has 0 amide bonds. The Hall–Kier alpha value is -2.38. The summed E-state index contributed by atoms with van der Waals surface area (Å²) < 4.78 is 15.4. The van der Waals surface area contributed by atoms with Crippen molar-refractivity contribution in [1.82, 2.24) is 9.55 Å². The third-order valence-electron chi connectivity index (χ3n) is 3.28. The number of benzene rings is 2. The molecule has 3 rings (SSSR count). The van der Waals surface area contributed by atoms with E-state index in [1.807, 2.05) is 34.9 Å². The van der Waals surface area contributed by atoms with Gasteiger partial charge >= 0.3 is 0 Å². The molecule has 0 bridgehead atoms. The Morgan fingerprint density at radius 3 is 2.81 bits per heavy atom. The van der Waals surface area contributed by atoms with Crippen LogP contribution in [0.1, 0.15) is 11.4 Å². The van der Waals surface area contributed by atoms with E-state index in [1.54, 1.807) is 6.07 Å². The normalized spacial score (nSPS) is 10.7. The van der Waals surface area contributed by atoms with Crippen LogP contribution in [-0.4, -0.2) is 15.4 Å². The zero-order valence-corrected chi connectivity index (χ0v) is 11.8. The average Bonchev–Trinajstić information content (AvgIpc) is 2.86. The monoisotopic (exact) mass is 299 g/mol. The first-order chi connectivity index (χ1) is 10.2. The largest absolute Gasteiger partial charge is 0.296 e. The predicted octanol–water partition coefficient (Wildman–Crippen LogP) is 3.82. The summed E-state index contributed by atoms with van der Waals surface area (Å²) in [5.41, 5.74) is 2.48. The van der Waals surface area contributed by atoms with Gasteiger partial charge in [0.15, 0.2) is 0 Å². The SMILES string of the molecule is N#Cc1cc(-n2c(CCCl)nc3ccccc32)ccc1F. The zero-order chi connectivity index (χ0) is 14.8. The lowest BCUT2D eigenvalue weighted by atomic mass is 10.2. The standard InChI is InChI=1S/C16H11ClFN3/c17-8-7-16-20-14-3-1-2-4-15(14)21(16)12-5-6-13(18)11(9-12)10-19/h1-6,9H,7-8H2. The minimum absolute atomic E-state index is 0.0158. The maximum Gasteiger partial charge on any atom is 0.141 e. The fourth-order valence-electron chi connectivity index (χ4n) is 2.35. The Morgan fingerprint density at radius 1 is 1.24 bits per heavy atom. The molecule has 1 aromatic heterocycles. The smallest absolute Gasteiger partial charge is 0.141 e. The molecular formula is C16H11ClFN3. The molecular weight excluding hydrogens is 289 g/mol. The molecule has 3 aromatic rings. The van der Waals surface area contributed by atoms with Crippen molar-refractivity contribution in [2.45, 2.75) is 6.42 Å². The van der Waals surface area contributed by atoms with Crippen molar-refractivity contribution in [3.05, 3.63) is 59.7 Å². The molecule has 0 saturated heterocycles. The third-order valence-corrected chi connectivity index (χ3v) is 3.47. The van der Waals surface area contributed by atoms with E-state index >= 15 is 0 Å². The van der Waals surface area contributed by atoms with E-state index in [9.17, 15) is 4.39 Å². The van der Waals surface area contributed by atoms with Crippen LogP contribution in [0, 0.1) is 17.1 Å².